The number of carbonyl (C=O) groups is 1. The van der Waals surface area contributed by atoms with E-state index in [-0.39, 0.29) is 24.4 Å². The van der Waals surface area contributed by atoms with Crippen molar-refractivity contribution in [2.24, 2.45) is 0 Å². The van der Waals surface area contributed by atoms with Crippen molar-refractivity contribution >= 4 is 24.0 Å². The number of hydrogen-bond donors (Lipinski definition) is 3. The van der Waals surface area contributed by atoms with Crippen LogP contribution in [0.25, 0.3) is 11.4 Å². The topological polar surface area (TPSA) is 91.9 Å². The Morgan fingerprint density at radius 1 is 1.45 bits per heavy atom. The lowest BCUT2D eigenvalue weighted by Gasteiger charge is -2.22. The fourth-order valence-corrected chi connectivity index (χ4v) is 2.17. The summed E-state index contributed by atoms with van der Waals surface area (Å²) in [6, 6.07) is 7.14. The molecule has 1 fully saturated rings. The Morgan fingerprint density at radius 3 is 3.00 bits per heavy atom. The molecule has 118 valence electrons. The molecule has 22 heavy (non-hydrogen) atoms. The van der Waals surface area contributed by atoms with Gasteiger partial charge in [0.15, 0.2) is 5.82 Å². The second kappa shape index (κ2) is 7.35. The molecule has 0 aliphatic carbocycles. The maximum absolute atomic E-state index is 12.1. The summed E-state index contributed by atoms with van der Waals surface area (Å²) in [5.74, 6) is 1.27. The predicted octanol–water partition coefficient (Wildman–Crippen LogP) is 1.13. The van der Waals surface area contributed by atoms with Gasteiger partial charge in [0, 0.05) is 17.8 Å². The van der Waals surface area contributed by atoms with E-state index in [9.17, 15) is 4.79 Å². The van der Waals surface area contributed by atoms with Gasteiger partial charge in [-0.1, -0.05) is 12.1 Å². The van der Waals surface area contributed by atoms with Crippen molar-refractivity contribution in [2.45, 2.75) is 13.0 Å². The minimum atomic E-state index is -0.312. The van der Waals surface area contributed by atoms with E-state index in [2.05, 4.69) is 25.8 Å². The molecule has 1 aromatic carbocycles. The van der Waals surface area contributed by atoms with Crippen LogP contribution in [0.1, 0.15) is 5.82 Å². The number of amides is 1. The third-order valence-corrected chi connectivity index (χ3v) is 3.22. The van der Waals surface area contributed by atoms with Crippen LogP contribution in [0, 0.1) is 6.92 Å². The third kappa shape index (κ3) is 3.82. The van der Waals surface area contributed by atoms with E-state index in [1.165, 1.54) is 0 Å². The van der Waals surface area contributed by atoms with E-state index in [0.29, 0.717) is 31.3 Å². The fraction of sp³-hybridized carbons (Fsp3) is 0.357. The van der Waals surface area contributed by atoms with Crippen molar-refractivity contribution < 1.29 is 9.53 Å². The first-order valence-electron chi connectivity index (χ1n) is 6.84. The average Bonchev–Trinajstić information content (AvgIpc) is 2.95. The molecule has 1 unspecified atom stereocenters. The molecule has 1 atom stereocenters. The number of ether oxygens (including phenoxy) is 1. The van der Waals surface area contributed by atoms with E-state index in [1.54, 1.807) is 0 Å². The lowest BCUT2D eigenvalue weighted by Crippen LogP contribution is -2.48. The van der Waals surface area contributed by atoms with Crippen molar-refractivity contribution in [3.8, 4) is 11.4 Å². The van der Waals surface area contributed by atoms with Crippen molar-refractivity contribution in [1.29, 1.82) is 0 Å². The van der Waals surface area contributed by atoms with E-state index < -0.39 is 0 Å². The van der Waals surface area contributed by atoms with Gasteiger partial charge in [-0.05, 0) is 19.1 Å². The first-order chi connectivity index (χ1) is 10.2. The number of carbonyl (C=O) groups excluding carboxylic acids is 1. The highest BCUT2D eigenvalue weighted by Crippen LogP contribution is 2.19. The molecule has 2 heterocycles. The summed E-state index contributed by atoms with van der Waals surface area (Å²) in [4.78, 5) is 16.4. The van der Waals surface area contributed by atoms with Crippen LogP contribution in [0.5, 0.6) is 0 Å². The van der Waals surface area contributed by atoms with Gasteiger partial charge >= 0.3 is 0 Å². The number of nitrogens with zero attached hydrogens (tertiary/aromatic N) is 2. The normalized spacial score (nSPS) is 17.6. The second-order valence-corrected chi connectivity index (χ2v) is 4.90. The van der Waals surface area contributed by atoms with Gasteiger partial charge in [-0.2, -0.15) is 5.10 Å². The van der Waals surface area contributed by atoms with Crippen molar-refractivity contribution in [1.82, 2.24) is 20.5 Å². The second-order valence-electron chi connectivity index (χ2n) is 4.90. The lowest BCUT2D eigenvalue weighted by atomic mass is 10.2. The highest BCUT2D eigenvalue weighted by molar-refractivity contribution is 5.95. The van der Waals surface area contributed by atoms with Crippen LogP contribution >= 0.6 is 12.4 Å². The van der Waals surface area contributed by atoms with E-state index >= 15 is 0 Å². The smallest absolute Gasteiger partial charge is 0.243 e. The molecule has 1 amide bonds. The molecule has 1 aliphatic rings. The summed E-state index contributed by atoms with van der Waals surface area (Å²) in [6.45, 7) is 3.57. The zero-order valence-corrected chi connectivity index (χ0v) is 12.9. The molecular weight excluding hydrogens is 306 g/mol. The van der Waals surface area contributed by atoms with Gasteiger partial charge in [0.1, 0.15) is 11.9 Å². The number of benzene rings is 1. The van der Waals surface area contributed by atoms with Gasteiger partial charge in [-0.3, -0.25) is 9.89 Å². The summed E-state index contributed by atoms with van der Waals surface area (Å²) < 4.78 is 5.29. The Labute approximate surface area is 134 Å². The average molecular weight is 324 g/mol. The summed E-state index contributed by atoms with van der Waals surface area (Å²) in [6.07, 6.45) is 0. The number of aryl methyl sites for hydroxylation is 1. The predicted molar refractivity (Wildman–Crippen MR) is 85.0 cm³/mol. The number of morpholine rings is 1. The Morgan fingerprint density at radius 2 is 2.32 bits per heavy atom. The van der Waals surface area contributed by atoms with Crippen LogP contribution in [0.4, 0.5) is 5.69 Å². The first-order valence-corrected chi connectivity index (χ1v) is 6.84. The quantitative estimate of drug-likeness (QED) is 0.787. The highest BCUT2D eigenvalue weighted by Gasteiger charge is 2.21. The van der Waals surface area contributed by atoms with Crippen LogP contribution in [0.15, 0.2) is 24.3 Å². The summed E-state index contributed by atoms with van der Waals surface area (Å²) >= 11 is 0. The molecular formula is C14H18ClN5O2. The van der Waals surface area contributed by atoms with Crippen LogP contribution < -0.4 is 10.6 Å². The zero-order chi connectivity index (χ0) is 14.7. The van der Waals surface area contributed by atoms with Gasteiger partial charge in [0.25, 0.3) is 0 Å². The van der Waals surface area contributed by atoms with Crippen LogP contribution in [0.2, 0.25) is 0 Å². The van der Waals surface area contributed by atoms with Crippen molar-refractivity contribution in [2.75, 3.05) is 25.1 Å². The van der Waals surface area contributed by atoms with Crippen LogP contribution in [0.3, 0.4) is 0 Å². The SMILES string of the molecule is Cc1nc(-c2cccc(NC(=O)C3COCCN3)c2)n[nH]1.Cl. The molecule has 3 rings (SSSR count). The van der Waals surface area contributed by atoms with Gasteiger partial charge in [0.2, 0.25) is 5.91 Å². The summed E-state index contributed by atoms with van der Waals surface area (Å²) in [5, 5.41) is 12.9. The molecule has 0 saturated carbocycles. The maximum atomic E-state index is 12.1. The minimum Gasteiger partial charge on any atom is -0.378 e. The Balaban J connectivity index is 0.00000176. The number of rotatable bonds is 3. The Bertz CT molecular complexity index is 640. The Kier molecular flexibility index (Phi) is 5.48. The molecule has 3 N–H and O–H groups in total. The number of anilines is 1. The van der Waals surface area contributed by atoms with Gasteiger partial charge < -0.3 is 15.4 Å². The molecule has 0 radical (unpaired) electrons. The lowest BCUT2D eigenvalue weighted by molar-refractivity contribution is -0.120. The first kappa shape index (κ1) is 16.4. The van der Waals surface area contributed by atoms with Gasteiger partial charge in [0.05, 0.1) is 13.2 Å². The Hall–Kier alpha value is -1.96. The largest absolute Gasteiger partial charge is 0.378 e. The molecule has 0 bridgehead atoms. The number of H-pyrrole nitrogens is 1. The van der Waals surface area contributed by atoms with Crippen LogP contribution in [-0.2, 0) is 9.53 Å². The van der Waals surface area contributed by atoms with Crippen molar-refractivity contribution in [3.05, 3.63) is 30.1 Å². The van der Waals surface area contributed by atoms with Crippen LogP contribution in [-0.4, -0.2) is 46.9 Å². The monoisotopic (exact) mass is 323 g/mol. The number of nitrogens with one attached hydrogen (secondary N) is 3. The molecule has 8 heteroatoms. The van der Waals surface area contributed by atoms with E-state index in [4.69, 9.17) is 4.74 Å². The molecule has 1 saturated heterocycles. The summed E-state index contributed by atoms with van der Waals surface area (Å²) in [5.41, 5.74) is 1.57. The van der Waals surface area contributed by atoms with Gasteiger partial charge in [-0.15, -0.1) is 12.4 Å². The van der Waals surface area contributed by atoms with Crippen molar-refractivity contribution in [3.63, 3.8) is 0 Å². The number of aromatic amines is 1. The maximum Gasteiger partial charge on any atom is 0.243 e. The number of aromatic nitrogens is 3. The van der Waals surface area contributed by atoms with E-state index in [0.717, 1.165) is 11.4 Å². The highest BCUT2D eigenvalue weighted by atomic mass is 35.5. The zero-order valence-electron chi connectivity index (χ0n) is 12.1. The molecule has 1 aromatic heterocycles. The number of halogens is 1. The third-order valence-electron chi connectivity index (χ3n) is 3.22. The summed E-state index contributed by atoms with van der Waals surface area (Å²) in [7, 11) is 0. The fourth-order valence-electron chi connectivity index (χ4n) is 2.17. The standard InChI is InChI=1S/C14H17N5O2.ClH/c1-9-16-13(19-18-9)10-3-2-4-11(7-10)17-14(20)12-8-21-6-5-15-12;/h2-4,7,12,15H,5-6,8H2,1H3,(H,17,20)(H,16,18,19);1H. The molecule has 0 spiro atoms. The molecule has 7 nitrogen and oxygen atoms in total. The minimum absolute atomic E-state index is 0. The molecule has 1 aliphatic heterocycles. The molecule has 2 aromatic rings. The van der Waals surface area contributed by atoms with E-state index in [1.807, 2.05) is 31.2 Å². The number of hydrogen-bond acceptors (Lipinski definition) is 5. The van der Waals surface area contributed by atoms with Gasteiger partial charge in [-0.25, -0.2) is 4.98 Å².